The molecule has 0 unspecified atom stereocenters. The minimum Gasteiger partial charge on any atom is -0.379 e. The normalized spacial score (nSPS) is 15.4. The van der Waals surface area contributed by atoms with Crippen LogP contribution < -0.4 is 5.32 Å². The van der Waals surface area contributed by atoms with Crippen LogP contribution in [0, 0.1) is 6.92 Å². The molecule has 2 heterocycles. The molecule has 0 radical (unpaired) electrons. The molecule has 0 spiro atoms. The summed E-state index contributed by atoms with van der Waals surface area (Å²) in [5.41, 5.74) is 4.57. The van der Waals surface area contributed by atoms with E-state index in [4.69, 9.17) is 4.74 Å². The van der Waals surface area contributed by atoms with Crippen molar-refractivity contribution in [1.29, 1.82) is 0 Å². The van der Waals surface area contributed by atoms with E-state index in [1.54, 1.807) is 4.68 Å². The smallest absolute Gasteiger partial charge is 0.251 e. The Morgan fingerprint density at radius 1 is 1.12 bits per heavy atom. The van der Waals surface area contributed by atoms with E-state index >= 15 is 0 Å². The van der Waals surface area contributed by atoms with Gasteiger partial charge in [0.1, 0.15) is 0 Å². The maximum Gasteiger partial charge on any atom is 0.251 e. The van der Waals surface area contributed by atoms with Crippen LogP contribution >= 0.6 is 0 Å². The van der Waals surface area contributed by atoms with Gasteiger partial charge in [-0.05, 0) is 60.0 Å². The van der Waals surface area contributed by atoms with E-state index in [2.05, 4.69) is 63.9 Å². The summed E-state index contributed by atoms with van der Waals surface area (Å²) in [6.45, 7) is 10.3. The molecule has 1 N–H and O–H groups in total. The topological polar surface area (TPSA) is 85.2 Å². The van der Waals surface area contributed by atoms with Crippen LogP contribution in [-0.4, -0.2) is 69.9 Å². The number of aromatic nitrogens is 4. The monoisotopic (exact) mass is 448 g/mol. The summed E-state index contributed by atoms with van der Waals surface area (Å²) in [5, 5.41) is 15.4. The summed E-state index contributed by atoms with van der Waals surface area (Å²) in [6, 6.07) is 14.2. The predicted molar refractivity (Wildman–Crippen MR) is 128 cm³/mol. The van der Waals surface area contributed by atoms with Crippen molar-refractivity contribution in [3.05, 3.63) is 59.4 Å². The van der Waals surface area contributed by atoms with Crippen LogP contribution in [0.25, 0.3) is 16.8 Å². The van der Waals surface area contributed by atoms with Crippen LogP contribution in [0.2, 0.25) is 0 Å². The minimum atomic E-state index is -0.101. The molecule has 1 amide bonds. The summed E-state index contributed by atoms with van der Waals surface area (Å²) in [4.78, 5) is 15.6. The fourth-order valence-corrected chi connectivity index (χ4v) is 4.09. The summed E-state index contributed by atoms with van der Waals surface area (Å²) < 4.78 is 7.15. The molecule has 33 heavy (non-hydrogen) atoms. The van der Waals surface area contributed by atoms with Gasteiger partial charge in [0.25, 0.3) is 5.91 Å². The van der Waals surface area contributed by atoms with Gasteiger partial charge >= 0.3 is 0 Å². The van der Waals surface area contributed by atoms with E-state index in [0.717, 1.165) is 68.3 Å². The van der Waals surface area contributed by atoms with Crippen molar-refractivity contribution in [2.45, 2.75) is 39.7 Å². The Balaban J connectivity index is 1.63. The fraction of sp³-hybridized carbons (Fsp3) is 0.440. The number of hydrogen-bond acceptors (Lipinski definition) is 6. The maximum absolute atomic E-state index is 13.3. The Labute approximate surface area is 194 Å². The lowest BCUT2D eigenvalue weighted by Crippen LogP contribution is -2.46. The van der Waals surface area contributed by atoms with Crippen molar-refractivity contribution in [3.8, 4) is 16.8 Å². The average molecular weight is 449 g/mol. The first-order valence-corrected chi connectivity index (χ1v) is 11.6. The summed E-state index contributed by atoms with van der Waals surface area (Å²) in [6.07, 6.45) is 1.70. The molecular weight excluding hydrogens is 416 g/mol. The van der Waals surface area contributed by atoms with Gasteiger partial charge in [-0.15, -0.1) is 5.10 Å². The first kappa shape index (κ1) is 23.1. The lowest BCUT2D eigenvalue weighted by Gasteiger charge is -2.29. The number of ether oxygens (including phenoxy) is 1. The number of aryl methyl sites for hydroxylation is 2. The van der Waals surface area contributed by atoms with Gasteiger partial charge in [-0.3, -0.25) is 9.69 Å². The van der Waals surface area contributed by atoms with Crippen LogP contribution in [0.5, 0.6) is 0 Å². The van der Waals surface area contributed by atoms with E-state index < -0.39 is 0 Å². The number of nitrogens with zero attached hydrogens (tertiary/aromatic N) is 5. The Morgan fingerprint density at radius 2 is 1.88 bits per heavy atom. The minimum absolute atomic E-state index is 0.0192. The van der Waals surface area contributed by atoms with Gasteiger partial charge in [0.2, 0.25) is 0 Å². The summed E-state index contributed by atoms with van der Waals surface area (Å²) >= 11 is 0. The number of carbonyl (C=O) groups excluding carboxylic acids is 1. The fourth-order valence-electron chi connectivity index (χ4n) is 4.09. The van der Waals surface area contributed by atoms with Crippen molar-refractivity contribution < 1.29 is 9.53 Å². The van der Waals surface area contributed by atoms with Gasteiger partial charge in [0.15, 0.2) is 5.82 Å². The molecule has 8 heteroatoms. The van der Waals surface area contributed by atoms with E-state index in [0.29, 0.717) is 5.56 Å². The number of benzene rings is 2. The lowest BCUT2D eigenvalue weighted by molar-refractivity contribution is 0.0342. The molecule has 0 saturated carbocycles. The Morgan fingerprint density at radius 3 is 2.61 bits per heavy atom. The summed E-state index contributed by atoms with van der Waals surface area (Å²) in [7, 11) is 0. The number of nitrogens with one attached hydrogen (secondary N) is 1. The van der Waals surface area contributed by atoms with Crippen molar-refractivity contribution in [2.24, 2.45) is 0 Å². The van der Waals surface area contributed by atoms with Gasteiger partial charge in [-0.25, -0.2) is 0 Å². The third-order valence-electron chi connectivity index (χ3n) is 5.83. The quantitative estimate of drug-likeness (QED) is 0.570. The third-order valence-corrected chi connectivity index (χ3v) is 5.83. The molecule has 1 atom stereocenters. The molecular formula is C25H32N6O2. The van der Waals surface area contributed by atoms with Gasteiger partial charge < -0.3 is 10.1 Å². The average Bonchev–Trinajstić information content (AvgIpc) is 3.28. The van der Waals surface area contributed by atoms with Crippen molar-refractivity contribution in [1.82, 2.24) is 30.4 Å². The number of hydrogen-bond donors (Lipinski definition) is 1. The second kappa shape index (κ2) is 10.7. The molecule has 174 valence electrons. The molecule has 8 nitrogen and oxygen atoms in total. The predicted octanol–water partition coefficient (Wildman–Crippen LogP) is 3.04. The largest absolute Gasteiger partial charge is 0.379 e. The standard InChI is InChI=1S/C25H32N6O2/c1-4-5-24-27-28-29-31(24)23-15-21(20-8-6-18(2)7-9-20)14-22(16-23)25(32)26-19(3)17-30-10-12-33-13-11-30/h6-9,14-16,19H,4-5,10-13,17H2,1-3H3,(H,26,32)/t19-/m1/s1. The molecule has 3 aromatic rings. The molecule has 4 rings (SSSR count). The van der Waals surface area contributed by atoms with Gasteiger partial charge in [0, 0.05) is 37.7 Å². The van der Waals surface area contributed by atoms with Gasteiger partial charge in [-0.2, -0.15) is 4.68 Å². The first-order valence-electron chi connectivity index (χ1n) is 11.6. The second-order valence-corrected chi connectivity index (χ2v) is 8.68. The van der Waals surface area contributed by atoms with Crippen LogP contribution in [0.15, 0.2) is 42.5 Å². The Kier molecular flexibility index (Phi) is 7.47. The zero-order valence-electron chi connectivity index (χ0n) is 19.6. The van der Waals surface area contributed by atoms with E-state index in [1.165, 1.54) is 5.56 Å². The number of morpholine rings is 1. The zero-order valence-corrected chi connectivity index (χ0v) is 19.6. The van der Waals surface area contributed by atoms with E-state index in [1.807, 2.05) is 25.1 Å². The number of amides is 1. The molecule has 1 saturated heterocycles. The SMILES string of the molecule is CCCc1nnnn1-c1cc(C(=O)N[C@H](C)CN2CCOCC2)cc(-c2ccc(C)cc2)c1. The highest BCUT2D eigenvalue weighted by atomic mass is 16.5. The molecule has 1 aliphatic heterocycles. The van der Waals surface area contributed by atoms with Crippen LogP contribution in [0.3, 0.4) is 0 Å². The molecule has 1 fully saturated rings. The van der Waals surface area contributed by atoms with Gasteiger partial charge in [0.05, 0.1) is 18.9 Å². The van der Waals surface area contributed by atoms with Crippen molar-refractivity contribution in [3.63, 3.8) is 0 Å². The number of carbonyl (C=O) groups is 1. The van der Waals surface area contributed by atoms with Crippen molar-refractivity contribution in [2.75, 3.05) is 32.8 Å². The molecule has 0 aliphatic carbocycles. The lowest BCUT2D eigenvalue weighted by atomic mass is 10.0. The Bertz CT molecular complexity index is 1070. The van der Waals surface area contributed by atoms with E-state index in [9.17, 15) is 4.79 Å². The van der Waals surface area contributed by atoms with Gasteiger partial charge in [-0.1, -0.05) is 36.8 Å². The van der Waals surface area contributed by atoms with Crippen molar-refractivity contribution >= 4 is 5.91 Å². The highest BCUT2D eigenvalue weighted by Gasteiger charge is 2.18. The highest BCUT2D eigenvalue weighted by molar-refractivity contribution is 5.96. The molecule has 0 bridgehead atoms. The third kappa shape index (κ3) is 5.83. The number of tetrazole rings is 1. The second-order valence-electron chi connectivity index (χ2n) is 8.68. The molecule has 1 aromatic heterocycles. The van der Waals surface area contributed by atoms with Crippen LogP contribution in [-0.2, 0) is 11.2 Å². The molecule has 1 aliphatic rings. The zero-order chi connectivity index (χ0) is 23.2. The van der Waals surface area contributed by atoms with E-state index in [-0.39, 0.29) is 11.9 Å². The highest BCUT2D eigenvalue weighted by Crippen LogP contribution is 2.25. The Hall–Kier alpha value is -3.10. The first-order chi connectivity index (χ1) is 16.0. The van der Waals surface area contributed by atoms with Crippen LogP contribution in [0.1, 0.15) is 42.0 Å². The van der Waals surface area contributed by atoms with Crippen LogP contribution in [0.4, 0.5) is 0 Å². The summed E-state index contributed by atoms with van der Waals surface area (Å²) in [5.74, 6) is 0.682. The molecule has 2 aromatic carbocycles. The maximum atomic E-state index is 13.3. The number of rotatable bonds is 8.